The van der Waals surface area contributed by atoms with Gasteiger partial charge in [-0.1, -0.05) is 32.9 Å². The zero-order valence-electron chi connectivity index (χ0n) is 11.8. The van der Waals surface area contributed by atoms with Crippen molar-refractivity contribution in [3.05, 3.63) is 47.5 Å². The minimum atomic E-state index is -0.287. The summed E-state index contributed by atoms with van der Waals surface area (Å²) in [7, 11) is 0. The van der Waals surface area contributed by atoms with Crippen LogP contribution in [-0.4, -0.2) is 10.2 Å². The van der Waals surface area contributed by atoms with Crippen molar-refractivity contribution in [1.29, 1.82) is 5.26 Å². The predicted molar refractivity (Wildman–Crippen MR) is 78.6 cm³/mol. The van der Waals surface area contributed by atoms with E-state index in [-0.39, 0.29) is 16.9 Å². The summed E-state index contributed by atoms with van der Waals surface area (Å²) in [6.45, 7) is 5.91. The van der Waals surface area contributed by atoms with Crippen molar-refractivity contribution in [1.82, 2.24) is 0 Å². The molecule has 2 aromatic carbocycles. The van der Waals surface area contributed by atoms with E-state index in [0.717, 1.165) is 11.1 Å². The molecule has 0 bridgehead atoms. The van der Waals surface area contributed by atoms with Crippen LogP contribution in [0.25, 0.3) is 11.1 Å². The van der Waals surface area contributed by atoms with Crippen molar-refractivity contribution >= 4 is 0 Å². The minimum absolute atomic E-state index is 0.0855. The van der Waals surface area contributed by atoms with Gasteiger partial charge in [-0.25, -0.2) is 0 Å². The molecule has 0 amide bonds. The highest BCUT2D eigenvalue weighted by atomic mass is 16.3. The molecule has 0 fully saturated rings. The van der Waals surface area contributed by atoms with Gasteiger partial charge >= 0.3 is 0 Å². The maximum atomic E-state index is 10.0. The molecule has 0 aliphatic carbocycles. The van der Waals surface area contributed by atoms with Crippen molar-refractivity contribution in [2.75, 3.05) is 0 Å². The van der Waals surface area contributed by atoms with Crippen molar-refractivity contribution < 1.29 is 10.2 Å². The molecule has 0 atom stereocenters. The van der Waals surface area contributed by atoms with Gasteiger partial charge in [-0.05, 0) is 40.8 Å². The lowest BCUT2D eigenvalue weighted by Gasteiger charge is -2.22. The molecule has 0 saturated carbocycles. The number of aromatic hydroxyl groups is 2. The van der Waals surface area contributed by atoms with E-state index in [0.29, 0.717) is 11.1 Å². The van der Waals surface area contributed by atoms with Gasteiger partial charge in [0.2, 0.25) is 0 Å². The number of nitriles is 1. The molecule has 3 nitrogen and oxygen atoms in total. The Bertz CT molecular complexity index is 691. The fraction of sp³-hybridized carbons (Fsp3) is 0.235. The van der Waals surface area contributed by atoms with Gasteiger partial charge < -0.3 is 10.2 Å². The molecule has 102 valence electrons. The lowest BCUT2D eigenvalue weighted by atomic mass is 9.84. The summed E-state index contributed by atoms with van der Waals surface area (Å²) >= 11 is 0. The van der Waals surface area contributed by atoms with Crippen LogP contribution in [0, 0.1) is 11.3 Å². The minimum Gasteiger partial charge on any atom is -0.504 e. The van der Waals surface area contributed by atoms with Crippen LogP contribution in [-0.2, 0) is 5.41 Å². The molecule has 0 saturated heterocycles. The number of phenols is 2. The Kier molecular flexibility index (Phi) is 3.42. The average molecular weight is 267 g/mol. The van der Waals surface area contributed by atoms with Gasteiger partial charge in [0.1, 0.15) is 0 Å². The van der Waals surface area contributed by atoms with Crippen LogP contribution in [0.15, 0.2) is 36.4 Å². The smallest absolute Gasteiger partial charge is 0.161 e. The summed E-state index contributed by atoms with van der Waals surface area (Å²) in [5.41, 5.74) is 2.57. The molecule has 3 heteroatoms. The molecule has 0 heterocycles. The molecule has 2 aromatic rings. The summed E-state index contributed by atoms with van der Waals surface area (Å²) in [5.74, 6) is -0.229. The van der Waals surface area contributed by atoms with Gasteiger partial charge in [0.05, 0.1) is 11.6 Å². The van der Waals surface area contributed by atoms with E-state index in [1.54, 1.807) is 18.2 Å². The van der Waals surface area contributed by atoms with Crippen LogP contribution >= 0.6 is 0 Å². The van der Waals surface area contributed by atoms with Crippen molar-refractivity contribution in [3.63, 3.8) is 0 Å². The summed E-state index contributed by atoms with van der Waals surface area (Å²) in [6.07, 6.45) is 0. The molecule has 0 unspecified atom stereocenters. The average Bonchev–Trinajstić information content (AvgIpc) is 2.40. The molecular weight excluding hydrogens is 250 g/mol. The topological polar surface area (TPSA) is 64.2 Å². The molecule has 20 heavy (non-hydrogen) atoms. The highest BCUT2D eigenvalue weighted by molar-refractivity contribution is 5.70. The Balaban J connectivity index is 2.64. The first-order valence-electron chi connectivity index (χ1n) is 6.40. The number of rotatable bonds is 1. The first kappa shape index (κ1) is 14.0. The largest absolute Gasteiger partial charge is 0.504 e. The zero-order chi connectivity index (χ0) is 14.9. The lowest BCUT2D eigenvalue weighted by Crippen LogP contribution is -2.11. The normalized spacial score (nSPS) is 11.1. The van der Waals surface area contributed by atoms with Gasteiger partial charge in [-0.2, -0.15) is 5.26 Å². The molecule has 2 N–H and O–H groups in total. The molecule has 0 spiro atoms. The predicted octanol–water partition coefficient (Wildman–Crippen LogP) is 3.93. The van der Waals surface area contributed by atoms with Gasteiger partial charge in [0.25, 0.3) is 0 Å². The third-order valence-electron chi connectivity index (χ3n) is 3.22. The van der Waals surface area contributed by atoms with E-state index in [9.17, 15) is 10.2 Å². The van der Waals surface area contributed by atoms with E-state index in [2.05, 4.69) is 6.07 Å². The summed E-state index contributed by atoms with van der Waals surface area (Å²) in [4.78, 5) is 0. The Morgan fingerprint density at radius 1 is 1.00 bits per heavy atom. The molecule has 0 aliphatic heterocycles. The van der Waals surface area contributed by atoms with E-state index >= 15 is 0 Å². The summed E-state index contributed by atoms with van der Waals surface area (Å²) in [6, 6.07) is 12.6. The lowest BCUT2D eigenvalue weighted by molar-refractivity contribution is 0.389. The van der Waals surface area contributed by atoms with Gasteiger partial charge in [0, 0.05) is 5.56 Å². The molecule has 0 aliphatic rings. The number of nitrogens with zero attached hydrogens (tertiary/aromatic N) is 1. The Morgan fingerprint density at radius 3 is 2.30 bits per heavy atom. The van der Waals surface area contributed by atoms with Gasteiger partial charge in [-0.15, -0.1) is 0 Å². The summed E-state index contributed by atoms with van der Waals surface area (Å²) < 4.78 is 0. The first-order valence-corrected chi connectivity index (χ1v) is 6.40. The maximum Gasteiger partial charge on any atom is 0.161 e. The molecular formula is C17H17NO2. The number of phenolic OH excluding ortho intramolecular Hbond substituents is 2. The Labute approximate surface area is 118 Å². The van der Waals surface area contributed by atoms with Crippen LogP contribution in [0.4, 0.5) is 0 Å². The number of hydrogen-bond donors (Lipinski definition) is 2. The van der Waals surface area contributed by atoms with Crippen LogP contribution in [0.1, 0.15) is 31.9 Å². The summed E-state index contributed by atoms with van der Waals surface area (Å²) in [5, 5.41) is 28.9. The monoisotopic (exact) mass is 267 g/mol. The van der Waals surface area contributed by atoms with E-state index in [4.69, 9.17) is 5.26 Å². The van der Waals surface area contributed by atoms with Crippen LogP contribution in [0.2, 0.25) is 0 Å². The van der Waals surface area contributed by atoms with Crippen molar-refractivity contribution in [2.45, 2.75) is 26.2 Å². The third kappa shape index (κ3) is 2.60. The molecule has 0 radical (unpaired) electrons. The second-order valence-electron chi connectivity index (χ2n) is 5.83. The van der Waals surface area contributed by atoms with Gasteiger partial charge in [0.15, 0.2) is 11.5 Å². The quantitative estimate of drug-likeness (QED) is 0.769. The third-order valence-corrected chi connectivity index (χ3v) is 3.22. The number of hydrogen-bond acceptors (Lipinski definition) is 3. The van der Waals surface area contributed by atoms with E-state index < -0.39 is 0 Å². The second kappa shape index (κ2) is 4.90. The fourth-order valence-electron chi connectivity index (χ4n) is 2.13. The van der Waals surface area contributed by atoms with Crippen LogP contribution < -0.4 is 0 Å². The molecule has 0 aromatic heterocycles. The van der Waals surface area contributed by atoms with Crippen LogP contribution in [0.5, 0.6) is 11.5 Å². The highest BCUT2D eigenvalue weighted by Crippen LogP contribution is 2.40. The number of benzene rings is 2. The second-order valence-corrected chi connectivity index (χ2v) is 5.83. The Hall–Kier alpha value is -2.47. The van der Waals surface area contributed by atoms with E-state index in [1.807, 2.05) is 32.9 Å². The maximum absolute atomic E-state index is 10.0. The van der Waals surface area contributed by atoms with Crippen LogP contribution in [0.3, 0.4) is 0 Å². The molecule has 2 rings (SSSR count). The van der Waals surface area contributed by atoms with E-state index in [1.165, 1.54) is 6.07 Å². The zero-order valence-corrected chi connectivity index (χ0v) is 11.8. The standard InChI is InChI=1S/C17H17NO2/c1-17(2,3)14-8-13(9-15(19)16(14)20)12-6-4-5-11(7-12)10-18/h4-9,19-20H,1-3H3. The SMILES string of the molecule is CC(C)(C)c1cc(-c2cccc(C#N)c2)cc(O)c1O. The van der Waals surface area contributed by atoms with Gasteiger partial charge in [-0.3, -0.25) is 0 Å². The van der Waals surface area contributed by atoms with Crippen molar-refractivity contribution in [2.24, 2.45) is 0 Å². The Morgan fingerprint density at radius 2 is 1.70 bits per heavy atom. The first-order chi connectivity index (χ1) is 9.32. The fourth-order valence-corrected chi connectivity index (χ4v) is 2.13. The highest BCUT2D eigenvalue weighted by Gasteiger charge is 2.21. The van der Waals surface area contributed by atoms with Crippen molar-refractivity contribution in [3.8, 4) is 28.7 Å².